The number of nitriles is 1. The monoisotopic (exact) mass is 256 g/mol. The molecule has 19 heavy (non-hydrogen) atoms. The van der Waals surface area contributed by atoms with E-state index in [1.807, 2.05) is 26.8 Å². The average Bonchev–Trinajstić information content (AvgIpc) is 2.83. The molecule has 0 fully saturated rings. The topological polar surface area (TPSA) is 74.7 Å². The second kappa shape index (κ2) is 5.53. The summed E-state index contributed by atoms with van der Waals surface area (Å²) in [7, 11) is 0. The minimum Gasteiger partial charge on any atom is -0.444 e. The largest absolute Gasteiger partial charge is 0.444 e. The van der Waals surface area contributed by atoms with Crippen molar-refractivity contribution in [2.45, 2.75) is 33.7 Å². The first-order chi connectivity index (χ1) is 9.13. The normalized spacial score (nSPS) is 10.2. The fraction of sp³-hybridized carbons (Fsp3) is 0.357. The van der Waals surface area contributed by atoms with Crippen molar-refractivity contribution in [3.05, 3.63) is 40.9 Å². The van der Waals surface area contributed by atoms with Gasteiger partial charge in [-0.2, -0.15) is 5.26 Å². The predicted molar refractivity (Wildman–Crippen MR) is 71.6 cm³/mol. The minimum atomic E-state index is 0.456. The Balaban J connectivity index is 2.17. The molecular weight excluding hydrogens is 240 g/mol. The molecule has 1 N–H and O–H groups in total. The van der Waals surface area contributed by atoms with Gasteiger partial charge in [0.15, 0.2) is 0 Å². The molecule has 0 spiro atoms. The maximum Gasteiger partial charge on any atom is 0.213 e. The first-order valence-electron chi connectivity index (χ1n) is 6.19. The van der Waals surface area contributed by atoms with Crippen LogP contribution in [0.4, 0.5) is 5.69 Å². The van der Waals surface area contributed by atoms with Gasteiger partial charge in [0.05, 0.1) is 29.7 Å². The molecule has 0 amide bonds. The summed E-state index contributed by atoms with van der Waals surface area (Å²) in [6.07, 6.45) is 2.55. The van der Waals surface area contributed by atoms with E-state index in [1.165, 1.54) is 0 Å². The highest BCUT2D eigenvalue weighted by Gasteiger charge is 2.09. The Bertz CT molecular complexity index is 625. The number of rotatable bonds is 4. The highest BCUT2D eigenvalue weighted by molar-refractivity contribution is 5.59. The zero-order valence-corrected chi connectivity index (χ0v) is 11.3. The number of oxazole rings is 1. The van der Waals surface area contributed by atoms with Crippen LogP contribution in [0, 0.1) is 25.2 Å². The molecule has 2 rings (SSSR count). The van der Waals surface area contributed by atoms with Gasteiger partial charge >= 0.3 is 0 Å². The first-order valence-corrected chi connectivity index (χ1v) is 6.19. The number of aromatic nitrogens is 2. The van der Waals surface area contributed by atoms with Gasteiger partial charge in [-0.3, -0.25) is 4.98 Å². The van der Waals surface area contributed by atoms with Crippen molar-refractivity contribution in [3.8, 4) is 6.07 Å². The van der Waals surface area contributed by atoms with Gasteiger partial charge in [-0.25, -0.2) is 4.98 Å². The van der Waals surface area contributed by atoms with Crippen molar-refractivity contribution in [3.63, 3.8) is 0 Å². The predicted octanol–water partition coefficient (Wildman–Crippen LogP) is 2.73. The summed E-state index contributed by atoms with van der Waals surface area (Å²) >= 11 is 0. The van der Waals surface area contributed by atoms with Gasteiger partial charge in [0.25, 0.3) is 0 Å². The summed E-state index contributed by atoms with van der Waals surface area (Å²) < 4.78 is 5.52. The molecule has 2 heterocycles. The smallest absolute Gasteiger partial charge is 0.213 e. The Morgan fingerprint density at radius 1 is 1.42 bits per heavy atom. The number of aryl methyl sites for hydroxylation is 3. The lowest BCUT2D eigenvalue weighted by molar-refractivity contribution is 0.466. The lowest BCUT2D eigenvalue weighted by Crippen LogP contribution is -2.04. The Morgan fingerprint density at radius 2 is 2.21 bits per heavy atom. The molecule has 0 aromatic carbocycles. The van der Waals surface area contributed by atoms with E-state index in [1.54, 1.807) is 6.20 Å². The van der Waals surface area contributed by atoms with Crippen LogP contribution in [0.25, 0.3) is 0 Å². The minimum absolute atomic E-state index is 0.456. The third-order valence-corrected chi connectivity index (χ3v) is 2.82. The van der Waals surface area contributed by atoms with Crippen molar-refractivity contribution < 1.29 is 4.42 Å². The second-order valence-corrected chi connectivity index (χ2v) is 4.31. The zero-order valence-electron chi connectivity index (χ0n) is 11.3. The highest BCUT2D eigenvalue weighted by Crippen LogP contribution is 2.19. The molecule has 0 saturated carbocycles. The quantitative estimate of drug-likeness (QED) is 0.910. The first kappa shape index (κ1) is 13.1. The molecule has 0 atom stereocenters. The van der Waals surface area contributed by atoms with Crippen LogP contribution in [0.2, 0.25) is 0 Å². The van der Waals surface area contributed by atoms with Crippen LogP contribution < -0.4 is 5.32 Å². The van der Waals surface area contributed by atoms with Crippen LogP contribution >= 0.6 is 0 Å². The van der Waals surface area contributed by atoms with E-state index >= 15 is 0 Å². The number of anilines is 1. The van der Waals surface area contributed by atoms with Gasteiger partial charge < -0.3 is 9.73 Å². The van der Waals surface area contributed by atoms with Gasteiger partial charge in [0, 0.05) is 12.1 Å². The number of nitrogens with one attached hydrogen (secondary N) is 1. The van der Waals surface area contributed by atoms with E-state index in [0.29, 0.717) is 18.0 Å². The van der Waals surface area contributed by atoms with Gasteiger partial charge in [0.2, 0.25) is 5.89 Å². The van der Waals surface area contributed by atoms with E-state index < -0.39 is 0 Å². The molecule has 5 nitrogen and oxygen atoms in total. The molecule has 2 aromatic heterocycles. The van der Waals surface area contributed by atoms with E-state index in [9.17, 15) is 0 Å². The zero-order chi connectivity index (χ0) is 13.8. The molecule has 98 valence electrons. The molecule has 0 aliphatic heterocycles. The Morgan fingerprint density at radius 3 is 2.84 bits per heavy atom. The number of hydrogen-bond donors (Lipinski definition) is 1. The molecule has 2 aromatic rings. The van der Waals surface area contributed by atoms with E-state index in [-0.39, 0.29) is 0 Å². The number of hydrogen-bond acceptors (Lipinski definition) is 5. The SMILES string of the molecule is CCc1cnc(CNc2cc(C)nc(C)c2C#N)o1. The Hall–Kier alpha value is -2.35. The maximum absolute atomic E-state index is 9.16. The van der Waals surface area contributed by atoms with Crippen LogP contribution in [-0.4, -0.2) is 9.97 Å². The van der Waals surface area contributed by atoms with Gasteiger partial charge in [0.1, 0.15) is 11.8 Å². The summed E-state index contributed by atoms with van der Waals surface area (Å²) in [5, 5.41) is 12.3. The average molecular weight is 256 g/mol. The third-order valence-electron chi connectivity index (χ3n) is 2.82. The van der Waals surface area contributed by atoms with Gasteiger partial charge in [-0.05, 0) is 19.9 Å². The summed E-state index contributed by atoms with van der Waals surface area (Å²) in [6.45, 7) is 6.20. The van der Waals surface area contributed by atoms with Crippen molar-refractivity contribution in [2.24, 2.45) is 0 Å². The lowest BCUT2D eigenvalue weighted by atomic mass is 10.1. The van der Waals surface area contributed by atoms with E-state index in [0.717, 1.165) is 29.3 Å². The Labute approximate surface area is 112 Å². The fourth-order valence-corrected chi connectivity index (χ4v) is 1.87. The van der Waals surface area contributed by atoms with Crippen LogP contribution in [0.5, 0.6) is 0 Å². The van der Waals surface area contributed by atoms with Crippen LogP contribution in [0.15, 0.2) is 16.7 Å². The lowest BCUT2D eigenvalue weighted by Gasteiger charge is -2.09. The molecule has 0 saturated heterocycles. The molecule has 0 unspecified atom stereocenters. The van der Waals surface area contributed by atoms with E-state index in [4.69, 9.17) is 9.68 Å². The van der Waals surface area contributed by atoms with Gasteiger partial charge in [-0.15, -0.1) is 0 Å². The van der Waals surface area contributed by atoms with Crippen molar-refractivity contribution in [1.29, 1.82) is 5.26 Å². The number of pyridine rings is 1. The van der Waals surface area contributed by atoms with Crippen LogP contribution in [-0.2, 0) is 13.0 Å². The van der Waals surface area contributed by atoms with Gasteiger partial charge in [-0.1, -0.05) is 6.92 Å². The second-order valence-electron chi connectivity index (χ2n) is 4.31. The maximum atomic E-state index is 9.16. The van der Waals surface area contributed by atoms with E-state index in [2.05, 4.69) is 21.4 Å². The van der Waals surface area contributed by atoms with Crippen molar-refractivity contribution >= 4 is 5.69 Å². The molecule has 0 aliphatic rings. The Kier molecular flexibility index (Phi) is 3.81. The molecule has 0 aliphatic carbocycles. The number of nitrogens with zero attached hydrogens (tertiary/aromatic N) is 3. The molecule has 5 heteroatoms. The summed E-state index contributed by atoms with van der Waals surface area (Å²) in [6, 6.07) is 4.02. The van der Waals surface area contributed by atoms with Crippen LogP contribution in [0.1, 0.15) is 35.5 Å². The van der Waals surface area contributed by atoms with Crippen molar-refractivity contribution in [2.75, 3.05) is 5.32 Å². The highest BCUT2D eigenvalue weighted by atomic mass is 16.4. The molecule has 0 radical (unpaired) electrons. The summed E-state index contributed by atoms with van der Waals surface area (Å²) in [5.74, 6) is 1.48. The van der Waals surface area contributed by atoms with Crippen LogP contribution in [0.3, 0.4) is 0 Å². The molecule has 0 bridgehead atoms. The summed E-state index contributed by atoms with van der Waals surface area (Å²) in [5.41, 5.74) is 2.93. The standard InChI is InChI=1S/C14H16N4O/c1-4-11-7-17-14(19-11)8-16-13-5-9(2)18-10(3)12(13)6-15/h5,7H,4,8H2,1-3H3,(H,16,18). The molecular formula is C14H16N4O. The summed E-state index contributed by atoms with van der Waals surface area (Å²) in [4.78, 5) is 8.45. The van der Waals surface area contributed by atoms with Crippen molar-refractivity contribution in [1.82, 2.24) is 9.97 Å². The fourth-order valence-electron chi connectivity index (χ4n) is 1.87. The third kappa shape index (κ3) is 2.91.